The molecular weight excluding hydrogens is 455 g/mol. The van der Waals surface area contributed by atoms with Crippen LogP contribution < -0.4 is 11.1 Å². The summed E-state index contributed by atoms with van der Waals surface area (Å²) in [7, 11) is -3.51. The maximum Gasteiger partial charge on any atom is 0.266 e. The van der Waals surface area contributed by atoms with Crippen molar-refractivity contribution < 1.29 is 13.2 Å². The molecule has 2 aromatic rings. The number of pyridine rings is 1. The number of carbonyl (C=O) groups is 1. The first-order chi connectivity index (χ1) is 13.6. The van der Waals surface area contributed by atoms with E-state index in [0.717, 1.165) is 17.8 Å². The second-order valence-electron chi connectivity index (χ2n) is 7.47. The number of nitrogens with one attached hydrogen (secondary N) is 1. The Labute approximate surface area is 182 Å². The first kappa shape index (κ1) is 20.6. The van der Waals surface area contributed by atoms with E-state index in [4.69, 9.17) is 28.9 Å². The number of anilines is 1. The van der Waals surface area contributed by atoms with E-state index in [1.54, 1.807) is 25.1 Å². The van der Waals surface area contributed by atoms with Gasteiger partial charge in [-0.05, 0) is 44.4 Å². The number of aliphatic imine (C=N–C) groups is 1. The van der Waals surface area contributed by atoms with E-state index < -0.39 is 26.0 Å². The molecule has 1 fully saturated rings. The van der Waals surface area contributed by atoms with Crippen LogP contribution in [0, 0.1) is 0 Å². The molecule has 1 aliphatic carbocycles. The number of thiophene rings is 1. The summed E-state index contributed by atoms with van der Waals surface area (Å²) in [5.41, 5.74) is 4.99. The highest BCUT2D eigenvalue weighted by atomic mass is 35.5. The van der Waals surface area contributed by atoms with Crippen molar-refractivity contribution in [2.24, 2.45) is 10.7 Å². The molecule has 0 bridgehead atoms. The minimum absolute atomic E-state index is 0.135. The summed E-state index contributed by atoms with van der Waals surface area (Å²) in [6.45, 7) is 1.68. The standard InChI is InChI=1S/C18H18Cl2N4O3S2/c1-17(9-29(26,27)18(6-3-7-18)16(21)24-17)14-10(19)8-11(28-14)15(25)23-13-5-2-4-12(20)22-13/h2,4-5,8H,3,6-7,9H2,1H3,(H2,21,24)(H,22,23,25). The second-order valence-corrected chi connectivity index (χ2v) is 11.6. The predicted octanol–water partition coefficient (Wildman–Crippen LogP) is 3.63. The molecule has 2 aliphatic rings. The fraction of sp³-hybridized carbons (Fsp3) is 0.389. The lowest BCUT2D eigenvalue weighted by Crippen LogP contribution is -2.61. The Bertz CT molecular complexity index is 1140. The lowest BCUT2D eigenvalue weighted by atomic mass is 9.82. The van der Waals surface area contributed by atoms with Crippen LogP contribution in [0.4, 0.5) is 5.82 Å². The van der Waals surface area contributed by atoms with Gasteiger partial charge in [-0.25, -0.2) is 13.4 Å². The van der Waals surface area contributed by atoms with Gasteiger partial charge in [-0.3, -0.25) is 9.79 Å². The van der Waals surface area contributed by atoms with Crippen LogP contribution in [-0.4, -0.2) is 35.6 Å². The lowest BCUT2D eigenvalue weighted by Gasteiger charge is -2.46. The highest BCUT2D eigenvalue weighted by Gasteiger charge is 2.58. The van der Waals surface area contributed by atoms with Crippen molar-refractivity contribution in [1.29, 1.82) is 0 Å². The minimum Gasteiger partial charge on any atom is -0.386 e. The van der Waals surface area contributed by atoms with Crippen molar-refractivity contribution in [3.8, 4) is 0 Å². The van der Waals surface area contributed by atoms with Crippen LogP contribution in [-0.2, 0) is 15.4 Å². The summed E-state index contributed by atoms with van der Waals surface area (Å²) < 4.78 is 25.0. The number of halogens is 2. The molecular formula is C18H18Cl2N4O3S2. The molecule has 3 N–H and O–H groups in total. The van der Waals surface area contributed by atoms with Crippen molar-refractivity contribution in [2.75, 3.05) is 11.1 Å². The van der Waals surface area contributed by atoms with Gasteiger partial charge in [0.15, 0.2) is 9.84 Å². The molecule has 3 heterocycles. The topological polar surface area (TPSA) is 115 Å². The summed E-state index contributed by atoms with van der Waals surface area (Å²) >= 11 is 13.3. The largest absolute Gasteiger partial charge is 0.386 e. The summed E-state index contributed by atoms with van der Waals surface area (Å²) in [5.74, 6) is -0.185. The van der Waals surface area contributed by atoms with Crippen LogP contribution >= 0.6 is 34.5 Å². The highest BCUT2D eigenvalue weighted by Crippen LogP contribution is 2.49. The van der Waals surface area contributed by atoms with E-state index in [2.05, 4.69) is 15.3 Å². The fourth-order valence-corrected chi connectivity index (χ4v) is 8.04. The number of sulfone groups is 1. The number of hydrogen-bond acceptors (Lipinski definition) is 7. The van der Waals surface area contributed by atoms with Gasteiger partial charge in [0.25, 0.3) is 5.91 Å². The summed E-state index contributed by atoms with van der Waals surface area (Å²) in [6, 6.07) is 6.37. The molecule has 0 aromatic carbocycles. The van der Waals surface area contributed by atoms with Crippen LogP contribution in [0.25, 0.3) is 0 Å². The molecule has 1 unspecified atom stereocenters. The van der Waals surface area contributed by atoms with E-state index in [1.807, 2.05) is 0 Å². The fourth-order valence-electron chi connectivity index (χ4n) is 3.75. The molecule has 1 aliphatic heterocycles. The first-order valence-electron chi connectivity index (χ1n) is 8.88. The summed E-state index contributed by atoms with van der Waals surface area (Å²) in [4.78, 5) is 22.0. The van der Waals surface area contributed by atoms with Crippen molar-refractivity contribution in [3.05, 3.63) is 44.2 Å². The third kappa shape index (κ3) is 3.34. The Morgan fingerprint density at radius 1 is 1.31 bits per heavy atom. The number of carbonyl (C=O) groups excluding carboxylic acids is 1. The zero-order valence-corrected chi connectivity index (χ0v) is 18.6. The Hall–Kier alpha value is -1.68. The molecule has 154 valence electrons. The van der Waals surface area contributed by atoms with Crippen LogP contribution in [0.1, 0.15) is 40.7 Å². The van der Waals surface area contributed by atoms with Crippen molar-refractivity contribution >= 4 is 61.9 Å². The van der Waals surface area contributed by atoms with Gasteiger partial charge in [0.2, 0.25) is 0 Å². The van der Waals surface area contributed by atoms with E-state index >= 15 is 0 Å². The normalized spacial score (nSPS) is 24.6. The quantitative estimate of drug-likeness (QED) is 0.661. The molecule has 1 spiro atoms. The van der Waals surface area contributed by atoms with Gasteiger partial charge < -0.3 is 11.1 Å². The zero-order valence-electron chi connectivity index (χ0n) is 15.4. The number of nitrogens with two attached hydrogens (primary N) is 1. The third-order valence-electron chi connectivity index (χ3n) is 5.42. The zero-order chi connectivity index (χ0) is 21.0. The van der Waals surface area contributed by atoms with E-state index in [-0.39, 0.29) is 21.8 Å². The second kappa shape index (κ2) is 6.94. The monoisotopic (exact) mass is 472 g/mol. The van der Waals surface area contributed by atoms with Gasteiger partial charge in [0.05, 0.1) is 20.5 Å². The summed E-state index contributed by atoms with van der Waals surface area (Å²) in [5, 5.41) is 3.18. The molecule has 0 radical (unpaired) electrons. The maximum absolute atomic E-state index is 13.0. The van der Waals surface area contributed by atoms with Gasteiger partial charge in [0.1, 0.15) is 27.1 Å². The number of amidine groups is 1. The maximum atomic E-state index is 13.0. The minimum atomic E-state index is -3.51. The van der Waals surface area contributed by atoms with Gasteiger partial charge >= 0.3 is 0 Å². The Balaban J connectivity index is 1.67. The lowest BCUT2D eigenvalue weighted by molar-refractivity contribution is 0.103. The van der Waals surface area contributed by atoms with Crippen molar-refractivity contribution in [1.82, 2.24) is 4.98 Å². The smallest absolute Gasteiger partial charge is 0.266 e. The Morgan fingerprint density at radius 2 is 2.03 bits per heavy atom. The molecule has 7 nitrogen and oxygen atoms in total. The van der Waals surface area contributed by atoms with Gasteiger partial charge in [-0.1, -0.05) is 29.3 Å². The van der Waals surface area contributed by atoms with E-state index in [1.165, 1.54) is 6.07 Å². The van der Waals surface area contributed by atoms with Gasteiger partial charge in [-0.15, -0.1) is 11.3 Å². The number of rotatable bonds is 3. The number of amides is 1. The van der Waals surface area contributed by atoms with Gasteiger partial charge in [-0.2, -0.15) is 0 Å². The van der Waals surface area contributed by atoms with Crippen LogP contribution in [0.15, 0.2) is 29.3 Å². The number of hydrogen-bond donors (Lipinski definition) is 2. The Kier molecular flexibility index (Phi) is 4.92. The van der Waals surface area contributed by atoms with Crippen molar-refractivity contribution in [2.45, 2.75) is 36.5 Å². The molecule has 1 saturated carbocycles. The molecule has 2 aromatic heterocycles. The molecule has 4 rings (SSSR count). The third-order valence-corrected chi connectivity index (χ3v) is 10.2. The van der Waals surface area contributed by atoms with Crippen molar-refractivity contribution in [3.63, 3.8) is 0 Å². The van der Waals surface area contributed by atoms with Crippen LogP contribution in [0.5, 0.6) is 0 Å². The van der Waals surface area contributed by atoms with Crippen LogP contribution in [0.3, 0.4) is 0 Å². The molecule has 29 heavy (non-hydrogen) atoms. The Morgan fingerprint density at radius 3 is 2.62 bits per heavy atom. The van der Waals surface area contributed by atoms with E-state index in [9.17, 15) is 13.2 Å². The molecule has 1 atom stereocenters. The van der Waals surface area contributed by atoms with Gasteiger partial charge in [0, 0.05) is 0 Å². The molecule has 11 heteroatoms. The number of aromatic nitrogens is 1. The average Bonchev–Trinajstić information content (AvgIpc) is 2.94. The molecule has 0 saturated heterocycles. The SMILES string of the molecule is CC1(c2sc(C(=O)Nc3cccc(Cl)n3)cc2Cl)CS(=O)(=O)C2(CCC2)C(N)=N1. The molecule has 1 amide bonds. The van der Waals surface area contributed by atoms with Crippen LogP contribution in [0.2, 0.25) is 10.2 Å². The summed E-state index contributed by atoms with van der Waals surface area (Å²) in [6.07, 6.45) is 1.81. The first-order valence-corrected chi connectivity index (χ1v) is 12.1. The van der Waals surface area contributed by atoms with E-state index in [0.29, 0.717) is 28.4 Å². The predicted molar refractivity (Wildman–Crippen MR) is 116 cm³/mol. The number of nitrogens with zero attached hydrogens (tertiary/aromatic N) is 2. The highest BCUT2D eigenvalue weighted by molar-refractivity contribution is 7.93. The average molecular weight is 473 g/mol.